The van der Waals surface area contributed by atoms with Crippen LogP contribution in [0.2, 0.25) is 0 Å². The molecule has 2 aliphatic rings. The third-order valence-electron chi connectivity index (χ3n) is 5.58. The Bertz CT molecular complexity index is 628. The van der Waals surface area contributed by atoms with Gasteiger partial charge in [0.25, 0.3) is 0 Å². The average Bonchev–Trinajstić information content (AvgIpc) is 2.67. The summed E-state index contributed by atoms with van der Waals surface area (Å²) in [5, 5.41) is 11.9. The molecule has 5 nitrogen and oxygen atoms in total. The number of hydrogen-bond acceptors (Lipinski definition) is 3. The van der Waals surface area contributed by atoms with Gasteiger partial charge in [-0.1, -0.05) is 31.2 Å². The van der Waals surface area contributed by atoms with Gasteiger partial charge in [-0.05, 0) is 49.3 Å². The van der Waals surface area contributed by atoms with Gasteiger partial charge in [0.2, 0.25) is 0 Å². The third-order valence-corrected chi connectivity index (χ3v) is 5.58. The first kappa shape index (κ1) is 18.7. The van der Waals surface area contributed by atoms with Crippen LogP contribution in [0.1, 0.15) is 43.7 Å². The molecule has 2 fully saturated rings. The van der Waals surface area contributed by atoms with E-state index in [-0.39, 0.29) is 11.9 Å². The molecule has 1 aromatic carbocycles. The Hall–Kier alpha value is -2.06. The Balaban J connectivity index is 1.43. The molecule has 0 unspecified atom stereocenters. The summed E-state index contributed by atoms with van der Waals surface area (Å²) >= 11 is 0. The fraction of sp³-hybridized carbons (Fsp3) is 0.619. The van der Waals surface area contributed by atoms with E-state index in [1.165, 1.54) is 31.5 Å². The first-order valence-electron chi connectivity index (χ1n) is 9.86. The fourth-order valence-corrected chi connectivity index (χ4v) is 3.95. The second-order valence-corrected chi connectivity index (χ2v) is 7.85. The molecule has 1 N–H and O–H groups in total. The van der Waals surface area contributed by atoms with Gasteiger partial charge in [0.05, 0.1) is 6.07 Å². The highest BCUT2D eigenvalue weighted by Gasteiger charge is 2.22. The van der Waals surface area contributed by atoms with Crippen molar-refractivity contribution in [3.8, 4) is 6.07 Å². The van der Waals surface area contributed by atoms with Crippen LogP contribution in [-0.4, -0.2) is 42.0 Å². The van der Waals surface area contributed by atoms with Crippen LogP contribution in [0.3, 0.4) is 0 Å². The van der Waals surface area contributed by atoms with Gasteiger partial charge >= 0.3 is 6.03 Å². The van der Waals surface area contributed by atoms with Crippen LogP contribution in [0.15, 0.2) is 24.3 Å². The predicted molar refractivity (Wildman–Crippen MR) is 102 cm³/mol. The highest BCUT2D eigenvalue weighted by molar-refractivity contribution is 5.74. The maximum Gasteiger partial charge on any atom is 0.317 e. The van der Waals surface area contributed by atoms with Crippen LogP contribution in [0, 0.1) is 23.2 Å². The lowest BCUT2D eigenvalue weighted by Crippen LogP contribution is -2.44. The summed E-state index contributed by atoms with van der Waals surface area (Å²) in [5.41, 5.74) is 2.47. The van der Waals surface area contributed by atoms with E-state index in [2.05, 4.69) is 47.5 Å². The number of nitrogens with zero attached hydrogens (tertiary/aromatic N) is 3. The number of urea groups is 1. The van der Waals surface area contributed by atoms with Crippen molar-refractivity contribution in [3.63, 3.8) is 0 Å². The Kier molecular flexibility index (Phi) is 6.51. The van der Waals surface area contributed by atoms with E-state index in [1.54, 1.807) is 0 Å². The first-order valence-corrected chi connectivity index (χ1v) is 9.86. The molecule has 2 heterocycles. The zero-order chi connectivity index (χ0) is 18.4. The topological polar surface area (TPSA) is 59.4 Å². The fourth-order valence-electron chi connectivity index (χ4n) is 3.95. The monoisotopic (exact) mass is 354 g/mol. The number of amides is 2. The average molecular weight is 354 g/mol. The highest BCUT2D eigenvalue weighted by Crippen LogP contribution is 2.18. The maximum atomic E-state index is 12.3. The minimum atomic E-state index is -0.0206. The molecule has 0 bridgehead atoms. The number of hydrogen-bond donors (Lipinski definition) is 1. The summed E-state index contributed by atoms with van der Waals surface area (Å²) in [6, 6.07) is 10.9. The number of nitriles is 1. The zero-order valence-corrected chi connectivity index (χ0v) is 15.8. The molecule has 2 saturated heterocycles. The van der Waals surface area contributed by atoms with Crippen molar-refractivity contribution in [3.05, 3.63) is 35.4 Å². The standard InChI is InChI=1S/C21H30N4O/c1-17-3-2-10-24(15-17)16-20-6-4-19(5-7-20)14-23-21(26)25-11-8-18(13-22)9-12-25/h4-7,17-18H,2-3,8-12,14-16H2,1H3,(H,23,26)/t17-/m0/s1. The van der Waals surface area contributed by atoms with E-state index in [9.17, 15) is 4.79 Å². The van der Waals surface area contributed by atoms with Crippen molar-refractivity contribution in [1.29, 1.82) is 5.26 Å². The van der Waals surface area contributed by atoms with Crippen molar-refractivity contribution in [1.82, 2.24) is 15.1 Å². The molecule has 0 saturated carbocycles. The zero-order valence-electron chi connectivity index (χ0n) is 15.8. The molecule has 140 valence electrons. The number of piperidine rings is 2. The molecule has 2 aliphatic heterocycles. The molecule has 0 radical (unpaired) electrons. The number of likely N-dealkylation sites (tertiary alicyclic amines) is 2. The van der Waals surface area contributed by atoms with Crippen LogP contribution in [0.25, 0.3) is 0 Å². The summed E-state index contributed by atoms with van der Waals surface area (Å²) < 4.78 is 0. The molecule has 1 atom stereocenters. The molecule has 0 spiro atoms. The van der Waals surface area contributed by atoms with E-state index in [0.717, 1.165) is 30.9 Å². The second-order valence-electron chi connectivity index (χ2n) is 7.85. The van der Waals surface area contributed by atoms with Crippen molar-refractivity contribution in [2.75, 3.05) is 26.2 Å². The van der Waals surface area contributed by atoms with Crippen molar-refractivity contribution in [2.45, 2.75) is 45.7 Å². The number of carbonyl (C=O) groups is 1. The lowest BCUT2D eigenvalue weighted by Gasteiger charge is -2.30. The Morgan fingerprint density at radius 2 is 1.85 bits per heavy atom. The molecular formula is C21H30N4O. The number of nitrogens with one attached hydrogen (secondary N) is 1. The normalized spacial score (nSPS) is 22.0. The Morgan fingerprint density at radius 3 is 2.50 bits per heavy atom. The van der Waals surface area contributed by atoms with Crippen molar-refractivity contribution < 1.29 is 4.79 Å². The van der Waals surface area contributed by atoms with E-state index in [0.29, 0.717) is 19.6 Å². The predicted octanol–water partition coefficient (Wildman–Crippen LogP) is 3.36. The lowest BCUT2D eigenvalue weighted by molar-refractivity contribution is 0.176. The largest absolute Gasteiger partial charge is 0.334 e. The molecular weight excluding hydrogens is 324 g/mol. The van der Waals surface area contributed by atoms with Gasteiger partial charge in [-0.2, -0.15) is 5.26 Å². The molecule has 5 heteroatoms. The lowest BCUT2D eigenvalue weighted by atomic mass is 9.99. The van der Waals surface area contributed by atoms with Crippen LogP contribution in [0.5, 0.6) is 0 Å². The Morgan fingerprint density at radius 1 is 1.15 bits per heavy atom. The minimum absolute atomic E-state index is 0.0206. The summed E-state index contributed by atoms with van der Waals surface area (Å²) in [6.07, 6.45) is 4.22. The molecule has 0 aliphatic carbocycles. The maximum absolute atomic E-state index is 12.3. The number of rotatable bonds is 4. The van der Waals surface area contributed by atoms with Gasteiger partial charge in [-0.3, -0.25) is 4.90 Å². The van der Waals surface area contributed by atoms with E-state index >= 15 is 0 Å². The quantitative estimate of drug-likeness (QED) is 0.902. The summed E-state index contributed by atoms with van der Waals surface area (Å²) in [4.78, 5) is 16.6. The van der Waals surface area contributed by atoms with Gasteiger partial charge in [-0.25, -0.2) is 4.79 Å². The van der Waals surface area contributed by atoms with Crippen molar-refractivity contribution in [2.24, 2.45) is 11.8 Å². The summed E-state index contributed by atoms with van der Waals surface area (Å²) in [6.45, 7) is 7.66. The van der Waals surface area contributed by atoms with Gasteiger partial charge < -0.3 is 10.2 Å². The van der Waals surface area contributed by atoms with Gasteiger partial charge in [-0.15, -0.1) is 0 Å². The molecule has 0 aromatic heterocycles. The SMILES string of the molecule is C[C@H]1CCCN(Cc2ccc(CNC(=O)N3CCC(C#N)CC3)cc2)C1. The summed E-state index contributed by atoms with van der Waals surface area (Å²) in [7, 11) is 0. The molecule has 1 aromatic rings. The molecule has 2 amide bonds. The van der Waals surface area contributed by atoms with E-state index < -0.39 is 0 Å². The smallest absolute Gasteiger partial charge is 0.317 e. The Labute approximate surface area is 157 Å². The van der Waals surface area contributed by atoms with Gasteiger partial charge in [0.15, 0.2) is 0 Å². The van der Waals surface area contributed by atoms with Crippen molar-refractivity contribution >= 4 is 6.03 Å². The van der Waals surface area contributed by atoms with E-state index in [4.69, 9.17) is 5.26 Å². The molecule has 26 heavy (non-hydrogen) atoms. The second kappa shape index (κ2) is 9.05. The van der Waals surface area contributed by atoms with Gasteiger partial charge in [0.1, 0.15) is 0 Å². The number of benzene rings is 1. The first-order chi connectivity index (χ1) is 12.6. The van der Waals surface area contributed by atoms with Crippen LogP contribution in [-0.2, 0) is 13.1 Å². The van der Waals surface area contributed by atoms with E-state index in [1.807, 2.05) is 4.90 Å². The highest BCUT2D eigenvalue weighted by atomic mass is 16.2. The van der Waals surface area contributed by atoms with Crippen LogP contribution in [0.4, 0.5) is 4.79 Å². The summed E-state index contributed by atoms with van der Waals surface area (Å²) in [5.74, 6) is 0.908. The van der Waals surface area contributed by atoms with Gasteiger partial charge in [0, 0.05) is 38.6 Å². The third kappa shape index (κ3) is 5.22. The van der Waals surface area contributed by atoms with Crippen LogP contribution < -0.4 is 5.32 Å². The minimum Gasteiger partial charge on any atom is -0.334 e. The molecule has 3 rings (SSSR count). The number of carbonyl (C=O) groups excluding carboxylic acids is 1. The van der Waals surface area contributed by atoms with Crippen LogP contribution >= 0.6 is 0 Å².